The van der Waals surface area contributed by atoms with Gasteiger partial charge in [-0.05, 0) is 32.4 Å². The number of ether oxygens (including phenoxy) is 2. The maximum absolute atomic E-state index is 5.82. The summed E-state index contributed by atoms with van der Waals surface area (Å²) in [5.74, 6) is 0.774. The van der Waals surface area contributed by atoms with Gasteiger partial charge in [-0.3, -0.25) is 4.90 Å². The van der Waals surface area contributed by atoms with Crippen LogP contribution in [0.4, 0.5) is 5.69 Å². The van der Waals surface area contributed by atoms with Crippen LogP contribution in [0.1, 0.15) is 20.3 Å². The maximum Gasteiger partial charge on any atom is 0.142 e. The van der Waals surface area contributed by atoms with Gasteiger partial charge in [-0.1, -0.05) is 12.1 Å². The number of hydrogen-bond donors (Lipinski definition) is 1. The molecule has 0 aromatic heterocycles. The summed E-state index contributed by atoms with van der Waals surface area (Å²) in [6, 6.07) is 8.13. The molecule has 0 radical (unpaired) electrons. The molecule has 0 bridgehead atoms. The molecule has 0 amide bonds. The van der Waals surface area contributed by atoms with Crippen LogP contribution in [0.2, 0.25) is 0 Å². The van der Waals surface area contributed by atoms with Crippen molar-refractivity contribution < 1.29 is 9.47 Å². The van der Waals surface area contributed by atoms with Gasteiger partial charge in [0, 0.05) is 26.2 Å². The third-order valence-electron chi connectivity index (χ3n) is 3.08. The lowest BCUT2D eigenvalue weighted by atomic mass is 10.3. The van der Waals surface area contributed by atoms with Crippen molar-refractivity contribution in [3.8, 4) is 5.75 Å². The molecule has 0 atom stereocenters. The Morgan fingerprint density at radius 1 is 1.16 bits per heavy atom. The van der Waals surface area contributed by atoms with E-state index >= 15 is 0 Å². The van der Waals surface area contributed by atoms with Crippen LogP contribution in [0, 0.1) is 0 Å². The number of hydrogen-bond acceptors (Lipinski definition) is 4. The van der Waals surface area contributed by atoms with Gasteiger partial charge in [0.1, 0.15) is 5.75 Å². The van der Waals surface area contributed by atoms with Crippen LogP contribution in [-0.4, -0.2) is 44.4 Å². The fourth-order valence-corrected chi connectivity index (χ4v) is 1.90. The van der Waals surface area contributed by atoms with Crippen molar-refractivity contribution in [1.29, 1.82) is 0 Å². The molecular formula is C15H26N2O2. The van der Waals surface area contributed by atoms with Crippen molar-refractivity contribution >= 4 is 5.69 Å². The van der Waals surface area contributed by atoms with Crippen LogP contribution in [0.3, 0.4) is 0 Å². The van der Waals surface area contributed by atoms with E-state index in [0.717, 1.165) is 31.9 Å². The molecule has 0 unspecified atom stereocenters. The van der Waals surface area contributed by atoms with Crippen molar-refractivity contribution in [3.63, 3.8) is 0 Å². The molecule has 1 aromatic carbocycles. The zero-order chi connectivity index (χ0) is 14.1. The topological polar surface area (TPSA) is 47.7 Å². The van der Waals surface area contributed by atoms with Crippen molar-refractivity contribution in [3.05, 3.63) is 24.3 Å². The summed E-state index contributed by atoms with van der Waals surface area (Å²) in [4.78, 5) is 2.39. The van der Waals surface area contributed by atoms with E-state index in [4.69, 9.17) is 15.2 Å². The Morgan fingerprint density at radius 3 is 2.53 bits per heavy atom. The third-order valence-corrected chi connectivity index (χ3v) is 3.08. The lowest BCUT2D eigenvalue weighted by Crippen LogP contribution is -2.35. The monoisotopic (exact) mass is 266 g/mol. The zero-order valence-corrected chi connectivity index (χ0v) is 12.3. The number of anilines is 1. The Morgan fingerprint density at radius 2 is 1.89 bits per heavy atom. The largest absolute Gasteiger partial charge is 0.491 e. The minimum atomic E-state index is 0.525. The van der Waals surface area contributed by atoms with Crippen LogP contribution in [-0.2, 0) is 4.74 Å². The van der Waals surface area contributed by atoms with Crippen LogP contribution in [0.15, 0.2) is 24.3 Å². The number of para-hydroxylation sites is 2. The lowest BCUT2D eigenvalue weighted by Gasteiger charge is -2.26. The average Bonchev–Trinajstić information content (AvgIpc) is 2.39. The van der Waals surface area contributed by atoms with Crippen LogP contribution in [0.25, 0.3) is 0 Å². The van der Waals surface area contributed by atoms with Crippen molar-refractivity contribution in [2.24, 2.45) is 0 Å². The lowest BCUT2D eigenvalue weighted by molar-refractivity contribution is 0.124. The Bertz CT molecular complexity index is 356. The smallest absolute Gasteiger partial charge is 0.142 e. The van der Waals surface area contributed by atoms with E-state index in [1.54, 1.807) is 7.11 Å². The Balaban J connectivity index is 2.27. The SMILES string of the molecule is COCCN(CCCOc1ccccc1N)C(C)C. The van der Waals surface area contributed by atoms with E-state index in [9.17, 15) is 0 Å². The van der Waals surface area contributed by atoms with Gasteiger partial charge in [0.25, 0.3) is 0 Å². The predicted molar refractivity (Wildman–Crippen MR) is 79.6 cm³/mol. The van der Waals surface area contributed by atoms with E-state index in [2.05, 4.69) is 18.7 Å². The maximum atomic E-state index is 5.82. The van der Waals surface area contributed by atoms with Gasteiger partial charge in [-0.2, -0.15) is 0 Å². The first kappa shape index (κ1) is 15.8. The number of nitrogen functional groups attached to an aromatic ring is 1. The standard InChI is InChI=1S/C15H26N2O2/c1-13(2)17(10-12-18-3)9-6-11-19-15-8-5-4-7-14(15)16/h4-5,7-8,13H,6,9-12,16H2,1-3H3. The highest BCUT2D eigenvalue weighted by atomic mass is 16.5. The molecule has 0 spiro atoms. The van der Waals surface area contributed by atoms with Gasteiger partial charge in [0.2, 0.25) is 0 Å². The second kappa shape index (κ2) is 8.77. The van der Waals surface area contributed by atoms with Gasteiger partial charge in [0.05, 0.1) is 18.9 Å². The molecule has 4 heteroatoms. The fraction of sp³-hybridized carbons (Fsp3) is 0.600. The first-order valence-corrected chi connectivity index (χ1v) is 6.85. The molecule has 0 saturated heterocycles. The highest BCUT2D eigenvalue weighted by Crippen LogP contribution is 2.19. The van der Waals surface area contributed by atoms with Gasteiger partial charge >= 0.3 is 0 Å². The molecule has 1 aromatic rings. The van der Waals surface area contributed by atoms with E-state index in [-0.39, 0.29) is 0 Å². The Labute approximate surface area is 116 Å². The predicted octanol–water partition coefficient (Wildman–Crippen LogP) is 2.39. The summed E-state index contributed by atoms with van der Waals surface area (Å²) in [5, 5.41) is 0. The van der Waals surface area contributed by atoms with E-state index < -0.39 is 0 Å². The summed E-state index contributed by atoms with van der Waals surface area (Å²) >= 11 is 0. The molecular weight excluding hydrogens is 240 g/mol. The highest BCUT2D eigenvalue weighted by Gasteiger charge is 2.08. The summed E-state index contributed by atoms with van der Waals surface area (Å²) in [5.41, 5.74) is 6.52. The molecule has 0 heterocycles. The summed E-state index contributed by atoms with van der Waals surface area (Å²) < 4.78 is 10.8. The molecule has 108 valence electrons. The van der Waals surface area contributed by atoms with Gasteiger partial charge in [-0.15, -0.1) is 0 Å². The molecule has 0 aliphatic carbocycles. The highest BCUT2D eigenvalue weighted by molar-refractivity contribution is 5.51. The van der Waals surface area contributed by atoms with E-state index in [1.165, 1.54) is 0 Å². The number of rotatable bonds is 9. The van der Waals surface area contributed by atoms with Crippen molar-refractivity contribution in [2.75, 3.05) is 39.1 Å². The van der Waals surface area contributed by atoms with E-state index in [0.29, 0.717) is 18.3 Å². The van der Waals surface area contributed by atoms with Crippen LogP contribution in [0.5, 0.6) is 5.75 Å². The van der Waals surface area contributed by atoms with Gasteiger partial charge in [-0.25, -0.2) is 0 Å². The summed E-state index contributed by atoms with van der Waals surface area (Å²) in [6.07, 6.45) is 0.982. The van der Waals surface area contributed by atoms with Crippen LogP contribution < -0.4 is 10.5 Å². The van der Waals surface area contributed by atoms with E-state index in [1.807, 2.05) is 24.3 Å². The van der Waals surface area contributed by atoms with Gasteiger partial charge in [0.15, 0.2) is 0 Å². The normalized spacial score (nSPS) is 11.2. The summed E-state index contributed by atoms with van der Waals surface area (Å²) in [6.45, 7) is 7.82. The van der Waals surface area contributed by atoms with Crippen LogP contribution >= 0.6 is 0 Å². The first-order valence-electron chi connectivity index (χ1n) is 6.85. The third kappa shape index (κ3) is 5.94. The second-order valence-electron chi connectivity index (χ2n) is 4.86. The molecule has 0 saturated carbocycles. The molecule has 4 nitrogen and oxygen atoms in total. The number of benzene rings is 1. The Hall–Kier alpha value is -1.26. The second-order valence-corrected chi connectivity index (χ2v) is 4.86. The Kier molecular flexibility index (Phi) is 7.30. The quantitative estimate of drug-likeness (QED) is 0.551. The first-order chi connectivity index (χ1) is 9.15. The van der Waals surface area contributed by atoms with Crippen molar-refractivity contribution in [1.82, 2.24) is 4.90 Å². The minimum absolute atomic E-state index is 0.525. The number of methoxy groups -OCH3 is 1. The molecule has 0 fully saturated rings. The average molecular weight is 266 g/mol. The molecule has 1 rings (SSSR count). The molecule has 19 heavy (non-hydrogen) atoms. The zero-order valence-electron chi connectivity index (χ0n) is 12.3. The molecule has 2 N–H and O–H groups in total. The molecule has 0 aliphatic heterocycles. The summed E-state index contributed by atoms with van der Waals surface area (Å²) in [7, 11) is 1.74. The minimum Gasteiger partial charge on any atom is -0.491 e. The van der Waals surface area contributed by atoms with Crippen molar-refractivity contribution in [2.45, 2.75) is 26.3 Å². The fourth-order valence-electron chi connectivity index (χ4n) is 1.90. The number of nitrogens with two attached hydrogens (primary N) is 1. The number of nitrogens with zero attached hydrogens (tertiary/aromatic N) is 1. The van der Waals surface area contributed by atoms with Gasteiger partial charge < -0.3 is 15.2 Å². The molecule has 0 aliphatic rings.